The number of esters is 1. The van der Waals surface area contributed by atoms with E-state index < -0.39 is 11.6 Å². The quantitative estimate of drug-likeness (QED) is 0.818. The molecule has 1 aromatic carbocycles. The number of carbonyl (C=O) groups is 2. The van der Waals surface area contributed by atoms with Crippen LogP contribution in [0.1, 0.15) is 45.0 Å². The maximum absolute atomic E-state index is 12.3. The summed E-state index contributed by atoms with van der Waals surface area (Å²) < 4.78 is 10.6. The van der Waals surface area contributed by atoms with Crippen molar-refractivity contribution in [1.29, 1.82) is 0 Å². The highest BCUT2D eigenvalue weighted by molar-refractivity contribution is 5.99. The zero-order valence-electron chi connectivity index (χ0n) is 14.0. The maximum atomic E-state index is 12.3. The molecule has 1 rings (SSSR count). The smallest absolute Gasteiger partial charge is 0.342 e. The minimum Gasteiger partial charge on any atom is -0.496 e. The van der Waals surface area contributed by atoms with Crippen molar-refractivity contribution in [3.63, 3.8) is 0 Å². The third-order valence-corrected chi connectivity index (χ3v) is 2.64. The summed E-state index contributed by atoms with van der Waals surface area (Å²) in [5, 5.41) is 5.83. The topological polar surface area (TPSA) is 76.7 Å². The second-order valence-corrected chi connectivity index (χ2v) is 5.81. The third kappa shape index (κ3) is 4.95. The van der Waals surface area contributed by atoms with Crippen molar-refractivity contribution in [2.45, 2.75) is 40.2 Å². The minimum absolute atomic E-state index is 0.203. The molecule has 0 atom stereocenters. The fourth-order valence-electron chi connectivity index (χ4n) is 1.87. The lowest BCUT2D eigenvalue weighted by molar-refractivity contribution is -0.114. The van der Waals surface area contributed by atoms with E-state index in [0.29, 0.717) is 29.2 Å². The van der Waals surface area contributed by atoms with Gasteiger partial charge < -0.3 is 20.1 Å². The van der Waals surface area contributed by atoms with Crippen molar-refractivity contribution in [3.8, 4) is 5.75 Å². The van der Waals surface area contributed by atoms with Gasteiger partial charge in [0.15, 0.2) is 0 Å². The SMILES string of the molecule is CCNc1cc(C(=O)OC(C)(C)C)c(OC)cc1NC(C)=O. The van der Waals surface area contributed by atoms with E-state index in [1.165, 1.54) is 14.0 Å². The Balaban J connectivity index is 3.29. The van der Waals surface area contributed by atoms with Crippen molar-refractivity contribution >= 4 is 23.3 Å². The molecule has 0 aliphatic carbocycles. The summed E-state index contributed by atoms with van der Waals surface area (Å²) in [5.74, 6) is -0.330. The van der Waals surface area contributed by atoms with E-state index in [0.717, 1.165) is 0 Å². The van der Waals surface area contributed by atoms with Crippen LogP contribution in [-0.2, 0) is 9.53 Å². The van der Waals surface area contributed by atoms with Crippen molar-refractivity contribution in [1.82, 2.24) is 0 Å². The lowest BCUT2D eigenvalue weighted by atomic mass is 10.1. The molecule has 0 fully saturated rings. The van der Waals surface area contributed by atoms with Crippen LogP contribution in [0, 0.1) is 0 Å². The first-order valence-electron chi connectivity index (χ1n) is 7.14. The van der Waals surface area contributed by atoms with Gasteiger partial charge in [0, 0.05) is 19.5 Å². The summed E-state index contributed by atoms with van der Waals surface area (Å²) >= 11 is 0. The van der Waals surface area contributed by atoms with E-state index >= 15 is 0 Å². The van der Waals surface area contributed by atoms with E-state index in [1.807, 2.05) is 6.92 Å². The summed E-state index contributed by atoms with van der Waals surface area (Å²) in [6.45, 7) is 9.39. The molecule has 6 heteroatoms. The fourth-order valence-corrected chi connectivity index (χ4v) is 1.87. The second-order valence-electron chi connectivity index (χ2n) is 5.81. The molecule has 2 N–H and O–H groups in total. The molecule has 0 radical (unpaired) electrons. The van der Waals surface area contributed by atoms with E-state index in [2.05, 4.69) is 10.6 Å². The summed E-state index contributed by atoms with van der Waals surface area (Å²) in [5.41, 5.74) is 0.900. The number of hydrogen-bond acceptors (Lipinski definition) is 5. The maximum Gasteiger partial charge on any atom is 0.342 e. The zero-order chi connectivity index (χ0) is 16.9. The Kier molecular flexibility index (Phi) is 5.79. The molecule has 0 unspecified atom stereocenters. The second kappa shape index (κ2) is 7.15. The summed E-state index contributed by atoms with van der Waals surface area (Å²) in [4.78, 5) is 23.6. The molecule has 0 saturated heterocycles. The molecule has 0 spiro atoms. The lowest BCUT2D eigenvalue weighted by Gasteiger charge is -2.21. The molecule has 0 heterocycles. The van der Waals surface area contributed by atoms with Crippen LogP contribution in [0.15, 0.2) is 12.1 Å². The molecule has 0 aromatic heterocycles. The Bertz CT molecular complexity index is 562. The number of carbonyl (C=O) groups excluding carboxylic acids is 2. The normalized spacial score (nSPS) is 10.8. The Morgan fingerprint density at radius 2 is 1.82 bits per heavy atom. The standard InChI is InChI=1S/C16H24N2O4/c1-7-17-12-8-11(15(20)22-16(3,4)5)14(21-6)9-13(12)18-10(2)19/h8-9,17H,7H2,1-6H3,(H,18,19). The van der Waals surface area contributed by atoms with Gasteiger partial charge in [0.2, 0.25) is 5.91 Å². The van der Waals surface area contributed by atoms with Crippen LogP contribution in [0.3, 0.4) is 0 Å². The number of anilines is 2. The van der Waals surface area contributed by atoms with E-state index in [9.17, 15) is 9.59 Å². The van der Waals surface area contributed by atoms with Gasteiger partial charge in [0.05, 0.1) is 18.5 Å². The number of hydrogen-bond donors (Lipinski definition) is 2. The number of rotatable bonds is 5. The predicted molar refractivity (Wildman–Crippen MR) is 86.6 cm³/mol. The van der Waals surface area contributed by atoms with Gasteiger partial charge in [-0.05, 0) is 33.8 Å². The number of benzene rings is 1. The summed E-state index contributed by atoms with van der Waals surface area (Å²) in [6, 6.07) is 3.24. The van der Waals surface area contributed by atoms with Gasteiger partial charge >= 0.3 is 5.97 Å². The van der Waals surface area contributed by atoms with Crippen LogP contribution >= 0.6 is 0 Å². The summed E-state index contributed by atoms with van der Waals surface area (Å²) in [7, 11) is 1.47. The van der Waals surface area contributed by atoms with E-state index in [4.69, 9.17) is 9.47 Å². The lowest BCUT2D eigenvalue weighted by Crippen LogP contribution is -2.24. The first-order valence-corrected chi connectivity index (χ1v) is 7.14. The third-order valence-electron chi connectivity index (χ3n) is 2.64. The van der Waals surface area contributed by atoms with Crippen molar-refractivity contribution in [2.24, 2.45) is 0 Å². The van der Waals surface area contributed by atoms with Crippen LogP contribution in [0.25, 0.3) is 0 Å². The number of nitrogens with one attached hydrogen (secondary N) is 2. The average Bonchev–Trinajstić information content (AvgIpc) is 2.37. The van der Waals surface area contributed by atoms with Gasteiger partial charge in [0.1, 0.15) is 16.9 Å². The summed E-state index contributed by atoms with van der Waals surface area (Å²) in [6.07, 6.45) is 0. The Labute approximate surface area is 131 Å². The molecule has 6 nitrogen and oxygen atoms in total. The Morgan fingerprint density at radius 3 is 2.27 bits per heavy atom. The zero-order valence-corrected chi connectivity index (χ0v) is 14.0. The molecule has 0 saturated carbocycles. The van der Waals surface area contributed by atoms with Crippen molar-refractivity contribution < 1.29 is 19.1 Å². The van der Waals surface area contributed by atoms with Crippen LogP contribution < -0.4 is 15.4 Å². The highest BCUT2D eigenvalue weighted by atomic mass is 16.6. The Hall–Kier alpha value is -2.24. The largest absolute Gasteiger partial charge is 0.496 e. The fraction of sp³-hybridized carbons (Fsp3) is 0.500. The molecule has 1 amide bonds. The van der Waals surface area contributed by atoms with Crippen molar-refractivity contribution in [2.75, 3.05) is 24.3 Å². The number of amides is 1. The van der Waals surface area contributed by atoms with Crippen LogP contribution in [0.4, 0.5) is 11.4 Å². The van der Waals surface area contributed by atoms with Crippen LogP contribution in [-0.4, -0.2) is 31.1 Å². The Morgan fingerprint density at radius 1 is 1.18 bits per heavy atom. The van der Waals surface area contributed by atoms with Gasteiger partial charge in [-0.1, -0.05) is 0 Å². The molecular weight excluding hydrogens is 284 g/mol. The molecule has 0 bridgehead atoms. The highest BCUT2D eigenvalue weighted by Gasteiger charge is 2.23. The molecule has 22 heavy (non-hydrogen) atoms. The molecule has 0 aliphatic rings. The molecular formula is C16H24N2O4. The minimum atomic E-state index is -0.600. The van der Waals surface area contributed by atoms with E-state index in [1.54, 1.807) is 32.9 Å². The number of methoxy groups -OCH3 is 1. The van der Waals surface area contributed by atoms with Crippen LogP contribution in [0.5, 0.6) is 5.75 Å². The monoisotopic (exact) mass is 308 g/mol. The predicted octanol–water partition coefficient (Wildman–Crippen LogP) is 3.04. The van der Waals surface area contributed by atoms with E-state index in [-0.39, 0.29) is 5.91 Å². The molecule has 0 aliphatic heterocycles. The van der Waals surface area contributed by atoms with Gasteiger partial charge in [-0.3, -0.25) is 4.79 Å². The molecule has 1 aromatic rings. The van der Waals surface area contributed by atoms with Gasteiger partial charge in [0.25, 0.3) is 0 Å². The van der Waals surface area contributed by atoms with Gasteiger partial charge in [-0.25, -0.2) is 4.79 Å². The average molecular weight is 308 g/mol. The van der Waals surface area contributed by atoms with Crippen molar-refractivity contribution in [3.05, 3.63) is 17.7 Å². The highest BCUT2D eigenvalue weighted by Crippen LogP contribution is 2.32. The first kappa shape index (κ1) is 17.8. The molecule has 122 valence electrons. The van der Waals surface area contributed by atoms with Gasteiger partial charge in [-0.15, -0.1) is 0 Å². The number of ether oxygens (including phenoxy) is 2. The first-order chi connectivity index (χ1) is 10.2. The van der Waals surface area contributed by atoms with Crippen LogP contribution in [0.2, 0.25) is 0 Å². The van der Waals surface area contributed by atoms with Gasteiger partial charge in [-0.2, -0.15) is 0 Å².